The first kappa shape index (κ1) is 15.3. The molecule has 0 radical (unpaired) electrons. The molecule has 0 aromatic carbocycles. The molecule has 1 saturated carbocycles. The van der Waals surface area contributed by atoms with Gasteiger partial charge in [-0.05, 0) is 53.4 Å². The van der Waals surface area contributed by atoms with Gasteiger partial charge in [0.15, 0.2) is 0 Å². The van der Waals surface area contributed by atoms with E-state index in [0.29, 0.717) is 12.1 Å². The maximum Gasteiger partial charge on any atom is 0.0604 e. The van der Waals surface area contributed by atoms with E-state index in [-0.39, 0.29) is 0 Å². The van der Waals surface area contributed by atoms with Gasteiger partial charge >= 0.3 is 0 Å². The van der Waals surface area contributed by atoms with Gasteiger partial charge in [-0.2, -0.15) is 0 Å². The second-order valence-corrected chi connectivity index (χ2v) is 6.91. The van der Waals surface area contributed by atoms with E-state index in [2.05, 4.69) is 44.4 Å². The third-order valence-electron chi connectivity index (χ3n) is 4.79. The van der Waals surface area contributed by atoms with Crippen LogP contribution in [0.2, 0.25) is 0 Å². The minimum Gasteiger partial charge on any atom is -0.378 e. The number of ether oxygens (including phenoxy) is 1. The second-order valence-electron chi connectivity index (χ2n) is 6.91. The molecule has 112 valence electrons. The summed E-state index contributed by atoms with van der Waals surface area (Å²) in [5.41, 5.74) is 0. The van der Waals surface area contributed by atoms with E-state index in [1.165, 1.54) is 32.5 Å². The van der Waals surface area contributed by atoms with Crippen molar-refractivity contribution < 1.29 is 4.74 Å². The Morgan fingerprint density at radius 1 is 1.16 bits per heavy atom. The highest BCUT2D eigenvalue weighted by Gasteiger charge is 2.38. The van der Waals surface area contributed by atoms with Crippen molar-refractivity contribution in [2.75, 3.05) is 26.2 Å². The molecular weight excluding hydrogens is 236 g/mol. The molecule has 0 aromatic rings. The Morgan fingerprint density at radius 2 is 1.79 bits per heavy atom. The summed E-state index contributed by atoms with van der Waals surface area (Å²) < 4.78 is 5.70. The first-order chi connectivity index (χ1) is 9.01. The third-order valence-corrected chi connectivity index (χ3v) is 4.79. The molecule has 1 aliphatic heterocycles. The lowest BCUT2D eigenvalue weighted by atomic mass is 9.85. The van der Waals surface area contributed by atoms with Crippen molar-refractivity contribution in [1.82, 2.24) is 9.80 Å². The molecule has 0 unspecified atom stereocenters. The summed E-state index contributed by atoms with van der Waals surface area (Å²) in [5, 5.41) is 0. The van der Waals surface area contributed by atoms with Crippen molar-refractivity contribution in [2.45, 2.75) is 71.7 Å². The molecule has 2 aliphatic rings. The number of rotatable bonds is 7. The van der Waals surface area contributed by atoms with Crippen LogP contribution in [0.4, 0.5) is 0 Å². The van der Waals surface area contributed by atoms with Crippen molar-refractivity contribution in [3.63, 3.8) is 0 Å². The molecule has 0 aromatic heterocycles. The van der Waals surface area contributed by atoms with Gasteiger partial charge in [0, 0.05) is 44.4 Å². The second kappa shape index (κ2) is 6.55. The molecule has 1 heterocycles. The molecule has 0 amide bonds. The fraction of sp³-hybridized carbons (Fsp3) is 1.00. The molecule has 3 nitrogen and oxygen atoms in total. The van der Waals surface area contributed by atoms with Gasteiger partial charge in [-0.25, -0.2) is 0 Å². The fourth-order valence-electron chi connectivity index (χ4n) is 3.41. The maximum absolute atomic E-state index is 5.70. The predicted molar refractivity (Wildman–Crippen MR) is 80.5 cm³/mol. The van der Waals surface area contributed by atoms with Crippen LogP contribution in [0.15, 0.2) is 0 Å². The van der Waals surface area contributed by atoms with Crippen molar-refractivity contribution >= 4 is 0 Å². The van der Waals surface area contributed by atoms with Crippen LogP contribution in [-0.4, -0.2) is 60.3 Å². The topological polar surface area (TPSA) is 15.7 Å². The van der Waals surface area contributed by atoms with Gasteiger partial charge < -0.3 is 9.64 Å². The zero-order valence-corrected chi connectivity index (χ0v) is 13.4. The first-order valence-electron chi connectivity index (χ1n) is 8.12. The van der Waals surface area contributed by atoms with Crippen molar-refractivity contribution in [2.24, 2.45) is 5.92 Å². The van der Waals surface area contributed by atoms with Gasteiger partial charge in [-0.3, -0.25) is 4.90 Å². The highest BCUT2D eigenvalue weighted by atomic mass is 16.5. The highest BCUT2D eigenvalue weighted by molar-refractivity contribution is 4.93. The minimum atomic E-state index is 0.532. The van der Waals surface area contributed by atoms with Crippen molar-refractivity contribution in [1.29, 1.82) is 0 Å². The largest absolute Gasteiger partial charge is 0.378 e. The zero-order valence-electron chi connectivity index (χ0n) is 13.4. The van der Waals surface area contributed by atoms with Gasteiger partial charge in [0.25, 0.3) is 0 Å². The number of nitrogens with zero attached hydrogens (tertiary/aromatic N) is 2. The summed E-state index contributed by atoms with van der Waals surface area (Å²) in [5.74, 6) is 0.885. The van der Waals surface area contributed by atoms with Crippen LogP contribution in [-0.2, 0) is 4.74 Å². The minimum absolute atomic E-state index is 0.532. The molecule has 2 fully saturated rings. The smallest absolute Gasteiger partial charge is 0.0604 e. The number of hydrogen-bond acceptors (Lipinski definition) is 3. The summed E-state index contributed by atoms with van der Waals surface area (Å²) in [7, 11) is 0. The molecule has 0 atom stereocenters. The van der Waals surface area contributed by atoms with Crippen LogP contribution in [0.3, 0.4) is 0 Å². The molecule has 3 heteroatoms. The van der Waals surface area contributed by atoms with Crippen LogP contribution in [0.1, 0.15) is 47.5 Å². The molecule has 19 heavy (non-hydrogen) atoms. The highest BCUT2D eigenvalue weighted by Crippen LogP contribution is 2.31. The van der Waals surface area contributed by atoms with Gasteiger partial charge in [0.1, 0.15) is 0 Å². The van der Waals surface area contributed by atoms with Gasteiger partial charge in [-0.1, -0.05) is 0 Å². The fourth-order valence-corrected chi connectivity index (χ4v) is 3.41. The van der Waals surface area contributed by atoms with Crippen molar-refractivity contribution in [3.05, 3.63) is 0 Å². The average molecular weight is 268 g/mol. The van der Waals surface area contributed by atoms with E-state index in [0.717, 1.165) is 24.6 Å². The molecule has 1 aliphatic carbocycles. The standard InChI is InChI=1S/C16H32N2O/c1-6-19-16-7-15(8-16)18(13(4)5)11-14-9-17(10-14)12(2)3/h12-16H,6-11H2,1-5H3. The summed E-state index contributed by atoms with van der Waals surface area (Å²) in [4.78, 5) is 5.30. The van der Waals surface area contributed by atoms with Gasteiger partial charge in [0.05, 0.1) is 6.10 Å². The van der Waals surface area contributed by atoms with Crippen LogP contribution in [0.5, 0.6) is 0 Å². The zero-order chi connectivity index (χ0) is 14.0. The molecule has 2 rings (SSSR count). The summed E-state index contributed by atoms with van der Waals surface area (Å²) >= 11 is 0. The maximum atomic E-state index is 5.70. The Bertz CT molecular complexity index is 268. The number of hydrogen-bond donors (Lipinski definition) is 0. The molecule has 0 bridgehead atoms. The Labute approximate surface area is 119 Å². The van der Waals surface area contributed by atoms with Crippen molar-refractivity contribution in [3.8, 4) is 0 Å². The summed E-state index contributed by atoms with van der Waals surface area (Å²) in [6.45, 7) is 16.1. The quantitative estimate of drug-likeness (QED) is 0.706. The van der Waals surface area contributed by atoms with E-state index >= 15 is 0 Å². The average Bonchev–Trinajstić information content (AvgIpc) is 2.21. The van der Waals surface area contributed by atoms with E-state index in [9.17, 15) is 0 Å². The Morgan fingerprint density at radius 3 is 2.26 bits per heavy atom. The van der Waals surface area contributed by atoms with Gasteiger partial charge in [-0.15, -0.1) is 0 Å². The van der Waals surface area contributed by atoms with Crippen LogP contribution >= 0.6 is 0 Å². The summed E-state index contributed by atoms with van der Waals surface area (Å²) in [6.07, 6.45) is 3.02. The monoisotopic (exact) mass is 268 g/mol. The Balaban J connectivity index is 1.73. The molecular formula is C16H32N2O. The SMILES string of the molecule is CCOC1CC(N(CC2CN(C(C)C)C2)C(C)C)C1. The lowest BCUT2D eigenvalue weighted by Crippen LogP contribution is -2.58. The lowest BCUT2D eigenvalue weighted by Gasteiger charge is -2.49. The number of likely N-dealkylation sites (tertiary alicyclic amines) is 1. The van der Waals surface area contributed by atoms with E-state index in [4.69, 9.17) is 4.74 Å². The Hall–Kier alpha value is -0.120. The summed E-state index contributed by atoms with van der Waals surface area (Å²) in [6, 6.07) is 2.15. The van der Waals surface area contributed by atoms with E-state index < -0.39 is 0 Å². The van der Waals surface area contributed by atoms with E-state index in [1.54, 1.807) is 0 Å². The van der Waals surface area contributed by atoms with Gasteiger partial charge in [0.2, 0.25) is 0 Å². The normalized spacial score (nSPS) is 29.1. The first-order valence-corrected chi connectivity index (χ1v) is 8.12. The molecule has 0 N–H and O–H groups in total. The Kier molecular flexibility index (Phi) is 5.27. The van der Waals surface area contributed by atoms with Crippen LogP contribution in [0, 0.1) is 5.92 Å². The van der Waals surface area contributed by atoms with E-state index in [1.807, 2.05) is 0 Å². The van der Waals surface area contributed by atoms with Crippen LogP contribution in [0.25, 0.3) is 0 Å². The lowest BCUT2D eigenvalue weighted by molar-refractivity contribution is -0.0676. The predicted octanol–water partition coefficient (Wildman–Crippen LogP) is 2.60. The molecule has 0 spiro atoms. The molecule has 1 saturated heterocycles. The third kappa shape index (κ3) is 3.71. The van der Waals surface area contributed by atoms with Crippen LogP contribution < -0.4 is 0 Å².